The highest BCUT2D eigenvalue weighted by molar-refractivity contribution is 7.89. The smallest absolute Gasteiger partial charge is 0.243 e. The van der Waals surface area contributed by atoms with Crippen molar-refractivity contribution in [2.45, 2.75) is 30.8 Å². The standard InChI is InChI=1S/C27H32N2O5S/c1-20-8-14-24(15-9-20)35(30,31)29-17-25-26(32-4)6-5-7-27(25)33-18-22(29)16-21-10-12-23(13-11-21)34-19-28(2)3/h5-15,22H,16-19H2,1-4H3/t22-/m0/s1. The van der Waals surface area contributed by atoms with Gasteiger partial charge in [-0.1, -0.05) is 35.9 Å². The van der Waals surface area contributed by atoms with E-state index in [0.717, 1.165) is 22.4 Å². The van der Waals surface area contributed by atoms with Crippen molar-refractivity contribution < 1.29 is 22.6 Å². The lowest BCUT2D eigenvalue weighted by Gasteiger charge is -2.29. The second kappa shape index (κ2) is 10.7. The highest BCUT2D eigenvalue weighted by Crippen LogP contribution is 2.35. The first kappa shape index (κ1) is 25.0. The predicted octanol–water partition coefficient (Wildman–Crippen LogP) is 4.10. The summed E-state index contributed by atoms with van der Waals surface area (Å²) in [5, 5.41) is 0. The van der Waals surface area contributed by atoms with Crippen LogP contribution in [0.3, 0.4) is 0 Å². The number of hydrogen-bond donors (Lipinski definition) is 0. The number of rotatable bonds is 8. The highest BCUT2D eigenvalue weighted by atomic mass is 32.2. The van der Waals surface area contributed by atoms with Crippen LogP contribution in [0.2, 0.25) is 0 Å². The fourth-order valence-corrected chi connectivity index (χ4v) is 5.64. The topological polar surface area (TPSA) is 68.3 Å². The second-order valence-corrected chi connectivity index (χ2v) is 10.9. The van der Waals surface area contributed by atoms with Gasteiger partial charge in [0.25, 0.3) is 0 Å². The molecule has 0 saturated carbocycles. The van der Waals surface area contributed by atoms with Gasteiger partial charge >= 0.3 is 0 Å². The van der Waals surface area contributed by atoms with Crippen molar-refractivity contribution in [3.63, 3.8) is 0 Å². The fourth-order valence-electron chi connectivity index (χ4n) is 4.07. The largest absolute Gasteiger partial charge is 0.496 e. The first-order valence-electron chi connectivity index (χ1n) is 11.5. The fraction of sp³-hybridized carbons (Fsp3) is 0.333. The molecule has 8 heteroatoms. The van der Waals surface area contributed by atoms with E-state index in [1.807, 2.05) is 80.5 Å². The number of ether oxygens (including phenoxy) is 3. The van der Waals surface area contributed by atoms with Crippen LogP contribution in [-0.2, 0) is 23.0 Å². The van der Waals surface area contributed by atoms with E-state index in [9.17, 15) is 8.42 Å². The number of sulfonamides is 1. The average molecular weight is 497 g/mol. The van der Waals surface area contributed by atoms with E-state index in [-0.39, 0.29) is 18.0 Å². The molecule has 1 aliphatic rings. The molecule has 0 fully saturated rings. The Labute approximate surface area is 207 Å². The third-order valence-corrected chi connectivity index (χ3v) is 7.89. The zero-order valence-electron chi connectivity index (χ0n) is 20.6. The van der Waals surface area contributed by atoms with Gasteiger partial charge in [-0.05, 0) is 69.4 Å². The van der Waals surface area contributed by atoms with E-state index in [0.29, 0.717) is 24.7 Å². The van der Waals surface area contributed by atoms with Crippen molar-refractivity contribution in [2.24, 2.45) is 0 Å². The van der Waals surface area contributed by atoms with Crippen molar-refractivity contribution in [2.75, 3.05) is 34.5 Å². The number of methoxy groups -OCH3 is 1. The molecule has 3 aromatic carbocycles. The molecule has 0 spiro atoms. The van der Waals surface area contributed by atoms with E-state index in [4.69, 9.17) is 14.2 Å². The zero-order valence-corrected chi connectivity index (χ0v) is 21.4. The summed E-state index contributed by atoms with van der Waals surface area (Å²) >= 11 is 0. The van der Waals surface area contributed by atoms with E-state index in [1.165, 1.54) is 0 Å². The number of hydrogen-bond acceptors (Lipinski definition) is 6. The van der Waals surface area contributed by atoms with Gasteiger partial charge in [-0.3, -0.25) is 4.90 Å². The lowest BCUT2D eigenvalue weighted by molar-refractivity contribution is 0.179. The minimum Gasteiger partial charge on any atom is -0.496 e. The maximum absolute atomic E-state index is 13.9. The van der Waals surface area contributed by atoms with Crippen molar-refractivity contribution in [1.82, 2.24) is 9.21 Å². The Hall–Kier alpha value is -3.07. The predicted molar refractivity (Wildman–Crippen MR) is 136 cm³/mol. The van der Waals surface area contributed by atoms with Crippen LogP contribution >= 0.6 is 0 Å². The quantitative estimate of drug-likeness (QED) is 0.438. The molecular weight excluding hydrogens is 464 g/mol. The maximum atomic E-state index is 13.9. The summed E-state index contributed by atoms with van der Waals surface area (Å²) in [6.07, 6.45) is 0.495. The Morgan fingerprint density at radius 3 is 2.40 bits per heavy atom. The van der Waals surface area contributed by atoms with Gasteiger partial charge in [-0.15, -0.1) is 0 Å². The molecule has 4 rings (SSSR count). The molecule has 0 saturated heterocycles. The van der Waals surface area contributed by atoms with Crippen LogP contribution in [0.1, 0.15) is 16.7 Å². The van der Waals surface area contributed by atoms with Crippen LogP contribution < -0.4 is 14.2 Å². The van der Waals surface area contributed by atoms with Gasteiger partial charge < -0.3 is 14.2 Å². The first-order chi connectivity index (χ1) is 16.8. The summed E-state index contributed by atoms with van der Waals surface area (Å²) in [5.41, 5.74) is 2.72. The van der Waals surface area contributed by atoms with Crippen LogP contribution in [-0.4, -0.2) is 58.2 Å². The third kappa shape index (κ3) is 5.78. The van der Waals surface area contributed by atoms with Gasteiger partial charge in [0.05, 0.1) is 23.6 Å². The molecule has 35 heavy (non-hydrogen) atoms. The minimum atomic E-state index is -3.80. The highest BCUT2D eigenvalue weighted by Gasteiger charge is 2.36. The van der Waals surface area contributed by atoms with Crippen LogP contribution in [0.25, 0.3) is 0 Å². The Morgan fingerprint density at radius 1 is 1.03 bits per heavy atom. The maximum Gasteiger partial charge on any atom is 0.243 e. The lowest BCUT2D eigenvalue weighted by atomic mass is 10.1. The van der Waals surface area contributed by atoms with Gasteiger partial charge in [0, 0.05) is 6.54 Å². The minimum absolute atomic E-state index is 0.157. The van der Waals surface area contributed by atoms with Crippen LogP contribution in [0.5, 0.6) is 17.2 Å². The summed E-state index contributed by atoms with van der Waals surface area (Å²) < 4.78 is 46.7. The summed E-state index contributed by atoms with van der Waals surface area (Å²) in [6, 6.07) is 19.8. The Bertz CT molecular complexity index is 1240. The van der Waals surface area contributed by atoms with E-state index < -0.39 is 16.1 Å². The SMILES string of the molecule is COc1cccc2c1CN(S(=O)(=O)c1ccc(C)cc1)[C@@H](Cc1ccc(OCN(C)C)cc1)CO2. The Morgan fingerprint density at radius 2 is 1.74 bits per heavy atom. The molecule has 0 amide bonds. The number of fused-ring (bicyclic) bond motifs is 1. The summed E-state index contributed by atoms with van der Waals surface area (Å²) in [7, 11) is 1.66. The monoisotopic (exact) mass is 496 g/mol. The normalized spacial score (nSPS) is 16.3. The average Bonchev–Trinajstić information content (AvgIpc) is 3.04. The molecule has 0 radical (unpaired) electrons. The molecule has 0 unspecified atom stereocenters. The zero-order chi connectivity index (χ0) is 25.0. The molecule has 3 aromatic rings. The molecule has 1 aliphatic heterocycles. The van der Waals surface area contributed by atoms with Gasteiger partial charge in [0.1, 0.15) is 30.6 Å². The first-order valence-corrected chi connectivity index (χ1v) is 13.0. The lowest BCUT2D eigenvalue weighted by Crippen LogP contribution is -2.43. The second-order valence-electron chi connectivity index (χ2n) is 8.97. The van der Waals surface area contributed by atoms with Crippen molar-refractivity contribution >= 4 is 10.0 Å². The van der Waals surface area contributed by atoms with Gasteiger partial charge in [-0.2, -0.15) is 4.31 Å². The van der Waals surface area contributed by atoms with Crippen molar-refractivity contribution in [3.05, 3.63) is 83.4 Å². The van der Waals surface area contributed by atoms with Crippen LogP contribution in [0.4, 0.5) is 0 Å². The Kier molecular flexibility index (Phi) is 7.64. The van der Waals surface area contributed by atoms with Gasteiger partial charge in [-0.25, -0.2) is 8.42 Å². The summed E-state index contributed by atoms with van der Waals surface area (Å²) in [6.45, 7) is 2.80. The Balaban J connectivity index is 1.67. The number of benzene rings is 3. The molecule has 0 N–H and O–H groups in total. The van der Waals surface area contributed by atoms with Crippen LogP contribution in [0.15, 0.2) is 71.6 Å². The molecule has 0 aromatic heterocycles. The number of aryl methyl sites for hydroxylation is 1. The van der Waals surface area contributed by atoms with E-state index in [2.05, 4.69) is 0 Å². The third-order valence-electron chi connectivity index (χ3n) is 5.97. The van der Waals surface area contributed by atoms with E-state index in [1.54, 1.807) is 23.5 Å². The van der Waals surface area contributed by atoms with Gasteiger partial charge in [0.15, 0.2) is 0 Å². The molecule has 1 atom stereocenters. The molecule has 1 heterocycles. The van der Waals surface area contributed by atoms with E-state index >= 15 is 0 Å². The molecule has 7 nitrogen and oxygen atoms in total. The number of nitrogens with zero attached hydrogens (tertiary/aromatic N) is 2. The summed E-state index contributed by atoms with van der Waals surface area (Å²) in [5.74, 6) is 2.01. The summed E-state index contributed by atoms with van der Waals surface area (Å²) in [4.78, 5) is 2.20. The molecule has 0 bridgehead atoms. The molecule has 0 aliphatic carbocycles. The van der Waals surface area contributed by atoms with Gasteiger partial charge in [0.2, 0.25) is 10.0 Å². The van der Waals surface area contributed by atoms with Crippen LogP contribution in [0, 0.1) is 6.92 Å². The van der Waals surface area contributed by atoms with Crippen molar-refractivity contribution in [3.8, 4) is 17.2 Å². The van der Waals surface area contributed by atoms with Crippen molar-refractivity contribution in [1.29, 1.82) is 0 Å². The molecular formula is C27H32N2O5S. The molecule has 186 valence electrons.